The Morgan fingerprint density at radius 2 is 2.00 bits per heavy atom. The van der Waals surface area contributed by atoms with E-state index in [9.17, 15) is 13.6 Å². The van der Waals surface area contributed by atoms with Gasteiger partial charge in [-0.25, -0.2) is 13.6 Å². The second kappa shape index (κ2) is 5.40. The Morgan fingerprint density at radius 3 is 2.50 bits per heavy atom. The summed E-state index contributed by atoms with van der Waals surface area (Å²) >= 11 is 0. The number of carbonyl (C=O) groups is 1. The van der Waals surface area contributed by atoms with Crippen LogP contribution in [0.5, 0.6) is 0 Å². The van der Waals surface area contributed by atoms with Crippen molar-refractivity contribution >= 4 is 11.7 Å². The van der Waals surface area contributed by atoms with Crippen LogP contribution in [0.15, 0.2) is 28.7 Å². The Labute approximate surface area is 112 Å². The van der Waals surface area contributed by atoms with Gasteiger partial charge in [0.2, 0.25) is 5.76 Å². The van der Waals surface area contributed by atoms with Crippen molar-refractivity contribution in [3.05, 3.63) is 53.0 Å². The van der Waals surface area contributed by atoms with Crippen LogP contribution in [0.25, 0.3) is 0 Å². The van der Waals surface area contributed by atoms with E-state index in [4.69, 9.17) is 14.8 Å². The van der Waals surface area contributed by atoms with Gasteiger partial charge in [-0.15, -0.1) is 0 Å². The maximum Gasteiger partial charge on any atom is 0.371 e. The minimum Gasteiger partial charge on any atom is -0.475 e. The Bertz CT molecular complexity index is 681. The van der Waals surface area contributed by atoms with Crippen LogP contribution < -0.4 is 5.32 Å². The topological polar surface area (TPSA) is 86.3 Å². The van der Waals surface area contributed by atoms with Crippen LogP contribution >= 0.6 is 0 Å². The summed E-state index contributed by atoms with van der Waals surface area (Å²) in [6.45, 7) is -0.0903. The zero-order valence-corrected chi connectivity index (χ0v) is 9.98. The third kappa shape index (κ3) is 2.75. The van der Waals surface area contributed by atoms with Gasteiger partial charge in [-0.1, -0.05) is 0 Å². The number of nitriles is 1. The highest BCUT2D eigenvalue weighted by atomic mass is 19.1. The van der Waals surface area contributed by atoms with Crippen LogP contribution in [0.4, 0.5) is 14.5 Å². The minimum absolute atomic E-state index is 0.0903. The molecule has 2 rings (SSSR count). The lowest BCUT2D eigenvalue weighted by molar-refractivity contribution is 0.0660. The second-order valence-corrected chi connectivity index (χ2v) is 3.85. The van der Waals surface area contributed by atoms with Gasteiger partial charge in [-0.05, 0) is 24.3 Å². The number of halogens is 2. The molecule has 20 heavy (non-hydrogen) atoms. The highest BCUT2D eigenvalue weighted by Gasteiger charge is 2.13. The molecule has 0 spiro atoms. The van der Waals surface area contributed by atoms with Crippen molar-refractivity contribution in [3.63, 3.8) is 0 Å². The third-order valence-corrected chi connectivity index (χ3v) is 2.48. The summed E-state index contributed by atoms with van der Waals surface area (Å²) in [5.74, 6) is -3.10. The van der Waals surface area contributed by atoms with E-state index in [1.54, 1.807) is 6.07 Å². The first-order chi connectivity index (χ1) is 9.51. The van der Waals surface area contributed by atoms with Crippen LogP contribution in [-0.2, 0) is 6.54 Å². The van der Waals surface area contributed by atoms with Crippen LogP contribution in [0.1, 0.15) is 21.9 Å². The molecule has 2 N–H and O–H groups in total. The molecular formula is C13H8F2N2O3. The molecule has 1 heterocycles. The predicted molar refractivity (Wildman–Crippen MR) is 64.1 cm³/mol. The van der Waals surface area contributed by atoms with Gasteiger partial charge in [0.1, 0.15) is 11.4 Å². The highest BCUT2D eigenvalue weighted by molar-refractivity contribution is 5.84. The molecule has 1 aromatic carbocycles. The summed E-state index contributed by atoms with van der Waals surface area (Å²) in [6, 6.07) is 6.06. The van der Waals surface area contributed by atoms with Crippen LogP contribution in [0.2, 0.25) is 0 Å². The number of carboxylic acids is 1. The molecular weight excluding hydrogens is 270 g/mol. The standard InChI is InChI=1S/C13H8F2N2O3/c14-9-3-7(5-16)4-10(15)12(9)17-6-8-1-2-11(20-8)13(18)19/h1-4,17H,6H2,(H,18,19). The third-order valence-electron chi connectivity index (χ3n) is 2.48. The number of aromatic carboxylic acids is 1. The Hall–Kier alpha value is -2.88. The minimum atomic E-state index is -1.23. The first kappa shape index (κ1) is 13.5. The van der Waals surface area contributed by atoms with E-state index in [2.05, 4.69) is 5.32 Å². The van der Waals surface area contributed by atoms with Gasteiger partial charge in [-0.3, -0.25) is 0 Å². The Balaban J connectivity index is 2.14. The van der Waals surface area contributed by atoms with E-state index in [-0.39, 0.29) is 23.6 Å². The molecule has 0 aliphatic rings. The van der Waals surface area contributed by atoms with Gasteiger partial charge >= 0.3 is 5.97 Å². The number of nitrogens with zero attached hydrogens (tertiary/aromatic N) is 1. The number of hydrogen-bond acceptors (Lipinski definition) is 4. The normalized spacial score (nSPS) is 10.1. The monoisotopic (exact) mass is 278 g/mol. The van der Waals surface area contributed by atoms with E-state index < -0.39 is 23.3 Å². The molecule has 7 heteroatoms. The molecule has 0 radical (unpaired) electrons. The SMILES string of the molecule is N#Cc1cc(F)c(NCc2ccc(C(=O)O)o2)c(F)c1. The fraction of sp³-hybridized carbons (Fsp3) is 0.0769. The van der Waals surface area contributed by atoms with E-state index >= 15 is 0 Å². The highest BCUT2D eigenvalue weighted by Crippen LogP contribution is 2.21. The summed E-state index contributed by atoms with van der Waals surface area (Å²) in [5.41, 5.74) is -0.533. The molecule has 0 aliphatic heterocycles. The molecule has 102 valence electrons. The smallest absolute Gasteiger partial charge is 0.371 e. The lowest BCUT2D eigenvalue weighted by Crippen LogP contribution is -2.04. The van der Waals surface area contributed by atoms with Crippen molar-refractivity contribution in [2.75, 3.05) is 5.32 Å². The second-order valence-electron chi connectivity index (χ2n) is 3.85. The largest absolute Gasteiger partial charge is 0.475 e. The number of benzene rings is 1. The molecule has 0 amide bonds. The van der Waals surface area contributed by atoms with Crippen molar-refractivity contribution in [3.8, 4) is 6.07 Å². The fourth-order valence-electron chi connectivity index (χ4n) is 1.57. The fourth-order valence-corrected chi connectivity index (χ4v) is 1.57. The average Bonchev–Trinajstić information content (AvgIpc) is 2.86. The van der Waals surface area contributed by atoms with Gasteiger partial charge < -0.3 is 14.8 Å². The number of carboxylic acid groups (broad SMARTS) is 1. The number of anilines is 1. The lowest BCUT2D eigenvalue weighted by atomic mass is 10.2. The zero-order valence-electron chi connectivity index (χ0n) is 9.98. The van der Waals surface area contributed by atoms with Crippen molar-refractivity contribution in [1.29, 1.82) is 5.26 Å². The summed E-state index contributed by atoms with van der Waals surface area (Å²) in [4.78, 5) is 10.6. The van der Waals surface area contributed by atoms with E-state index in [0.29, 0.717) is 0 Å². The number of nitrogens with one attached hydrogen (secondary N) is 1. The maximum absolute atomic E-state index is 13.6. The summed E-state index contributed by atoms with van der Waals surface area (Å²) < 4.78 is 32.0. The molecule has 0 unspecified atom stereocenters. The van der Waals surface area contributed by atoms with Crippen LogP contribution in [0, 0.1) is 23.0 Å². The maximum atomic E-state index is 13.6. The van der Waals surface area contributed by atoms with Crippen LogP contribution in [-0.4, -0.2) is 11.1 Å². The van der Waals surface area contributed by atoms with E-state index in [1.165, 1.54) is 12.1 Å². The van der Waals surface area contributed by atoms with Gasteiger partial charge in [-0.2, -0.15) is 5.26 Å². The zero-order chi connectivity index (χ0) is 14.7. The predicted octanol–water partition coefficient (Wildman–Crippen LogP) is 2.74. The van der Waals surface area contributed by atoms with Crippen molar-refractivity contribution in [2.45, 2.75) is 6.54 Å². The van der Waals surface area contributed by atoms with Gasteiger partial charge in [0.05, 0.1) is 18.2 Å². The van der Waals surface area contributed by atoms with Crippen molar-refractivity contribution < 1.29 is 23.1 Å². The molecule has 0 saturated heterocycles. The summed E-state index contributed by atoms with van der Waals surface area (Å²) in [7, 11) is 0. The summed E-state index contributed by atoms with van der Waals surface area (Å²) in [5, 5.41) is 19.7. The molecule has 5 nitrogen and oxygen atoms in total. The van der Waals surface area contributed by atoms with Gasteiger partial charge in [0.15, 0.2) is 11.6 Å². The Morgan fingerprint density at radius 1 is 1.35 bits per heavy atom. The van der Waals surface area contributed by atoms with E-state index in [0.717, 1.165) is 12.1 Å². The molecule has 2 aromatic rings. The number of furan rings is 1. The quantitative estimate of drug-likeness (QED) is 0.898. The molecule has 1 aromatic heterocycles. The van der Waals surface area contributed by atoms with Crippen molar-refractivity contribution in [1.82, 2.24) is 0 Å². The Kier molecular flexibility index (Phi) is 3.66. The molecule has 0 fully saturated rings. The van der Waals surface area contributed by atoms with Crippen molar-refractivity contribution in [2.24, 2.45) is 0 Å². The molecule has 0 saturated carbocycles. The lowest BCUT2D eigenvalue weighted by Gasteiger charge is -2.07. The van der Waals surface area contributed by atoms with Gasteiger partial charge in [0, 0.05) is 0 Å². The first-order valence-corrected chi connectivity index (χ1v) is 5.46. The van der Waals surface area contributed by atoms with Crippen LogP contribution in [0.3, 0.4) is 0 Å². The van der Waals surface area contributed by atoms with E-state index in [1.807, 2.05) is 0 Å². The average molecular weight is 278 g/mol. The molecule has 0 aliphatic carbocycles. The molecule has 0 bridgehead atoms. The number of hydrogen-bond donors (Lipinski definition) is 2. The van der Waals surface area contributed by atoms with Gasteiger partial charge in [0.25, 0.3) is 0 Å². The number of rotatable bonds is 4. The first-order valence-electron chi connectivity index (χ1n) is 5.46. The molecule has 0 atom stereocenters. The summed E-state index contributed by atoms with van der Waals surface area (Å²) in [6.07, 6.45) is 0.